The number of carbonyl (C=O) groups is 1. The molecule has 0 spiro atoms. The van der Waals surface area contributed by atoms with Crippen LogP contribution in [0, 0.1) is 5.92 Å². The molecule has 9 heteroatoms. The van der Waals surface area contributed by atoms with Crippen molar-refractivity contribution < 1.29 is 13.2 Å². The van der Waals surface area contributed by atoms with Crippen molar-refractivity contribution in [1.29, 1.82) is 0 Å². The van der Waals surface area contributed by atoms with E-state index in [2.05, 4.69) is 36.3 Å². The number of sulfonamides is 1. The number of amides is 1. The summed E-state index contributed by atoms with van der Waals surface area (Å²) in [4.78, 5) is 12.7. The summed E-state index contributed by atoms with van der Waals surface area (Å²) in [6.07, 6.45) is 3.71. The van der Waals surface area contributed by atoms with E-state index >= 15 is 0 Å². The minimum Gasteiger partial charge on any atom is -0.296 e. The van der Waals surface area contributed by atoms with Crippen LogP contribution in [0.3, 0.4) is 0 Å². The zero-order valence-corrected chi connectivity index (χ0v) is 18.7. The molecule has 0 unspecified atom stereocenters. The molecule has 0 saturated carbocycles. The van der Waals surface area contributed by atoms with E-state index in [1.54, 1.807) is 0 Å². The fourth-order valence-corrected chi connectivity index (χ4v) is 5.88. The van der Waals surface area contributed by atoms with Crippen molar-refractivity contribution in [1.82, 2.24) is 14.5 Å². The largest absolute Gasteiger partial charge is 0.296 e. The summed E-state index contributed by atoms with van der Waals surface area (Å²) in [7, 11) is -3.52. The average Bonchev–Trinajstić information content (AvgIpc) is 3.17. The molecule has 1 fully saturated rings. The van der Waals surface area contributed by atoms with E-state index in [0.29, 0.717) is 35.6 Å². The number of nitrogens with one attached hydrogen (secondary N) is 1. The molecule has 7 nitrogen and oxygen atoms in total. The highest BCUT2D eigenvalue weighted by molar-refractivity contribution is 7.89. The molecule has 0 aliphatic carbocycles. The van der Waals surface area contributed by atoms with E-state index in [9.17, 15) is 13.2 Å². The number of carbonyl (C=O) groups excluding carboxylic acids is 1. The topological polar surface area (TPSA) is 92.3 Å². The molecular weight excluding hydrogens is 408 g/mol. The monoisotopic (exact) mass is 436 g/mol. The summed E-state index contributed by atoms with van der Waals surface area (Å²) in [5.41, 5.74) is 0.385. The van der Waals surface area contributed by atoms with Gasteiger partial charge in [0, 0.05) is 24.6 Å². The smallest absolute Gasteiger partial charge is 0.257 e. The Kier molecular flexibility index (Phi) is 7.02. The van der Waals surface area contributed by atoms with Crippen LogP contribution in [0.15, 0.2) is 29.2 Å². The van der Waals surface area contributed by atoms with Crippen molar-refractivity contribution in [3.63, 3.8) is 0 Å². The highest BCUT2D eigenvalue weighted by Crippen LogP contribution is 2.28. The molecule has 1 aliphatic rings. The minimum atomic E-state index is -3.52. The lowest BCUT2D eigenvalue weighted by Gasteiger charge is -2.29. The summed E-state index contributed by atoms with van der Waals surface area (Å²) in [5, 5.41) is 12.4. The van der Waals surface area contributed by atoms with E-state index < -0.39 is 10.0 Å². The zero-order chi connectivity index (χ0) is 21.0. The number of rotatable bonds is 7. The first kappa shape index (κ1) is 21.9. The van der Waals surface area contributed by atoms with Crippen LogP contribution >= 0.6 is 11.3 Å². The third-order valence-electron chi connectivity index (χ3n) is 5.49. The molecule has 1 aliphatic heterocycles. The zero-order valence-electron chi connectivity index (χ0n) is 17.1. The number of piperidine rings is 1. The van der Waals surface area contributed by atoms with Gasteiger partial charge in [0.2, 0.25) is 15.2 Å². The molecular formula is C20H28N4O3S2. The fraction of sp³-hybridized carbons (Fsp3) is 0.550. The highest BCUT2D eigenvalue weighted by atomic mass is 32.2. The van der Waals surface area contributed by atoms with Gasteiger partial charge in [0.1, 0.15) is 5.01 Å². The second kappa shape index (κ2) is 9.32. The highest BCUT2D eigenvalue weighted by Gasteiger charge is 2.28. The molecule has 3 rings (SSSR count). The lowest BCUT2D eigenvalue weighted by Crippen LogP contribution is -2.37. The lowest BCUT2D eigenvalue weighted by atomic mass is 10.0. The molecule has 2 heterocycles. The molecule has 2 aromatic rings. The van der Waals surface area contributed by atoms with Crippen LogP contribution < -0.4 is 5.32 Å². The van der Waals surface area contributed by atoms with Crippen LogP contribution in [0.4, 0.5) is 5.13 Å². The number of hydrogen-bond donors (Lipinski definition) is 1. The predicted molar refractivity (Wildman–Crippen MR) is 115 cm³/mol. The normalized spacial score (nSPS) is 16.3. The van der Waals surface area contributed by atoms with Gasteiger partial charge in [-0.15, -0.1) is 10.2 Å². The summed E-state index contributed by atoms with van der Waals surface area (Å²) in [6.45, 7) is 7.44. The maximum Gasteiger partial charge on any atom is 0.257 e. The van der Waals surface area contributed by atoms with Gasteiger partial charge in [0.05, 0.1) is 4.90 Å². The molecule has 29 heavy (non-hydrogen) atoms. The van der Waals surface area contributed by atoms with Crippen LogP contribution in [0.1, 0.15) is 67.7 Å². The van der Waals surface area contributed by atoms with Crippen molar-refractivity contribution in [2.75, 3.05) is 18.4 Å². The van der Waals surface area contributed by atoms with Gasteiger partial charge in [-0.2, -0.15) is 4.31 Å². The maximum atomic E-state index is 12.8. The van der Waals surface area contributed by atoms with Crippen molar-refractivity contribution in [3.05, 3.63) is 34.8 Å². The molecule has 1 amide bonds. The van der Waals surface area contributed by atoms with E-state index in [-0.39, 0.29) is 10.8 Å². The van der Waals surface area contributed by atoms with Crippen LogP contribution in [0.25, 0.3) is 0 Å². The first-order valence-corrected chi connectivity index (χ1v) is 12.4. The molecule has 0 atom stereocenters. The van der Waals surface area contributed by atoms with Crippen LogP contribution in [-0.4, -0.2) is 41.9 Å². The first-order chi connectivity index (χ1) is 13.8. The summed E-state index contributed by atoms with van der Waals surface area (Å²) in [5.74, 6) is 0.576. The molecule has 1 aromatic heterocycles. The van der Waals surface area contributed by atoms with Gasteiger partial charge in [0.15, 0.2) is 0 Å². The van der Waals surface area contributed by atoms with Gasteiger partial charge >= 0.3 is 0 Å². The Morgan fingerprint density at radius 2 is 1.79 bits per heavy atom. The average molecular weight is 437 g/mol. The van der Waals surface area contributed by atoms with Crippen molar-refractivity contribution in [2.24, 2.45) is 5.92 Å². The van der Waals surface area contributed by atoms with Gasteiger partial charge in [-0.3, -0.25) is 10.1 Å². The minimum absolute atomic E-state index is 0.218. The Morgan fingerprint density at radius 3 is 2.38 bits per heavy atom. The number of benzene rings is 1. The standard InChI is InChI=1S/C20H28N4O3S2/c1-4-15(5-2)19-22-23-20(28-19)21-18(25)16-6-8-17(9-7-16)29(26,27)24-12-10-14(3)11-13-24/h6-9,14-15H,4-5,10-13H2,1-3H3,(H,21,23,25). The number of aromatic nitrogens is 2. The molecule has 1 aromatic carbocycles. The van der Waals surface area contributed by atoms with Crippen molar-refractivity contribution >= 4 is 32.4 Å². The molecule has 1 N–H and O–H groups in total. The summed E-state index contributed by atoms with van der Waals surface area (Å²) < 4.78 is 27.1. The van der Waals surface area contributed by atoms with E-state index in [4.69, 9.17) is 0 Å². The van der Waals surface area contributed by atoms with Gasteiger partial charge in [-0.25, -0.2) is 8.42 Å². The summed E-state index contributed by atoms with van der Waals surface area (Å²) in [6, 6.07) is 6.07. The Bertz CT molecular complexity index is 929. The fourth-order valence-electron chi connectivity index (χ4n) is 3.41. The molecule has 1 saturated heterocycles. The Morgan fingerprint density at radius 1 is 1.17 bits per heavy atom. The third kappa shape index (κ3) is 5.02. The SMILES string of the molecule is CCC(CC)c1nnc(NC(=O)c2ccc(S(=O)(=O)N3CCC(C)CC3)cc2)s1. The van der Waals surface area contributed by atoms with Crippen LogP contribution in [0.2, 0.25) is 0 Å². The third-order valence-corrected chi connectivity index (χ3v) is 8.41. The van der Waals surface area contributed by atoms with Crippen LogP contribution in [-0.2, 0) is 10.0 Å². The second-order valence-electron chi connectivity index (χ2n) is 7.52. The lowest BCUT2D eigenvalue weighted by molar-refractivity contribution is 0.102. The van der Waals surface area contributed by atoms with Gasteiger partial charge in [0.25, 0.3) is 5.91 Å². The maximum absolute atomic E-state index is 12.8. The number of anilines is 1. The van der Waals surface area contributed by atoms with Crippen molar-refractivity contribution in [2.45, 2.75) is 57.3 Å². The van der Waals surface area contributed by atoms with E-state index in [0.717, 1.165) is 30.7 Å². The van der Waals surface area contributed by atoms with Gasteiger partial charge < -0.3 is 0 Å². The molecule has 0 radical (unpaired) electrons. The second-order valence-corrected chi connectivity index (χ2v) is 10.5. The Balaban J connectivity index is 1.67. The van der Waals surface area contributed by atoms with E-state index in [1.807, 2.05) is 0 Å². The molecule has 158 valence electrons. The number of hydrogen-bond acceptors (Lipinski definition) is 6. The van der Waals surface area contributed by atoms with Gasteiger partial charge in [-0.05, 0) is 55.9 Å². The Hall–Kier alpha value is -1.84. The van der Waals surface area contributed by atoms with Crippen LogP contribution in [0.5, 0.6) is 0 Å². The predicted octanol–water partition coefficient (Wildman–Crippen LogP) is 4.11. The van der Waals surface area contributed by atoms with E-state index in [1.165, 1.54) is 39.9 Å². The molecule has 0 bridgehead atoms. The van der Waals surface area contributed by atoms with Gasteiger partial charge in [-0.1, -0.05) is 32.1 Å². The first-order valence-electron chi connectivity index (χ1n) is 10.1. The number of nitrogens with zero attached hydrogens (tertiary/aromatic N) is 3. The Labute approximate surface area is 176 Å². The quantitative estimate of drug-likeness (QED) is 0.705. The van der Waals surface area contributed by atoms with Crippen molar-refractivity contribution in [3.8, 4) is 0 Å². The summed E-state index contributed by atoms with van der Waals surface area (Å²) >= 11 is 1.38.